The van der Waals surface area contributed by atoms with Gasteiger partial charge in [-0.3, -0.25) is 0 Å². The Morgan fingerprint density at radius 1 is 0.696 bits per heavy atom. The van der Waals surface area contributed by atoms with Gasteiger partial charge in [0.1, 0.15) is 11.3 Å². The maximum atomic E-state index is 9.91. The Morgan fingerprint density at radius 2 is 1.48 bits per heavy atom. The number of benzene rings is 3. The second kappa shape index (κ2) is 5.58. The van der Waals surface area contributed by atoms with Crippen LogP contribution in [-0.4, -0.2) is 10.1 Å². The molecule has 0 amide bonds. The third kappa shape index (κ3) is 2.67. The van der Waals surface area contributed by atoms with Gasteiger partial charge in [0.2, 0.25) is 0 Å². The van der Waals surface area contributed by atoms with Crippen LogP contribution in [0.1, 0.15) is 11.3 Å². The van der Waals surface area contributed by atoms with Crippen molar-refractivity contribution in [3.8, 4) is 5.75 Å². The van der Waals surface area contributed by atoms with Crippen molar-refractivity contribution in [2.75, 3.05) is 0 Å². The number of aromatic nitrogens is 1. The van der Waals surface area contributed by atoms with Crippen molar-refractivity contribution in [1.29, 1.82) is 0 Å². The molecule has 1 N–H and O–H groups in total. The maximum Gasteiger partial charge on any atom is 0.141 e. The van der Waals surface area contributed by atoms with Crippen LogP contribution in [0.15, 0.2) is 72.8 Å². The van der Waals surface area contributed by atoms with Crippen molar-refractivity contribution in [2.45, 2.75) is 0 Å². The van der Waals surface area contributed by atoms with E-state index in [9.17, 15) is 5.11 Å². The summed E-state index contributed by atoms with van der Waals surface area (Å²) in [7, 11) is 0. The van der Waals surface area contributed by atoms with Crippen molar-refractivity contribution in [3.63, 3.8) is 0 Å². The first kappa shape index (κ1) is 13.5. The van der Waals surface area contributed by atoms with E-state index in [1.165, 1.54) is 10.8 Å². The molecule has 0 aliphatic rings. The van der Waals surface area contributed by atoms with Crippen molar-refractivity contribution in [2.24, 2.45) is 0 Å². The van der Waals surface area contributed by atoms with Crippen LogP contribution < -0.4 is 0 Å². The van der Waals surface area contributed by atoms with Gasteiger partial charge in [-0.1, -0.05) is 60.7 Å². The van der Waals surface area contributed by atoms with Gasteiger partial charge in [-0.2, -0.15) is 0 Å². The summed E-state index contributed by atoms with van der Waals surface area (Å²) in [5.74, 6) is 0.212. The molecule has 0 aliphatic carbocycles. The number of nitrogens with zero attached hydrogens (tertiary/aromatic N) is 1. The summed E-state index contributed by atoms with van der Waals surface area (Å²) >= 11 is 0. The van der Waals surface area contributed by atoms with Gasteiger partial charge in [-0.15, -0.1) is 0 Å². The van der Waals surface area contributed by atoms with E-state index in [0.717, 1.165) is 16.6 Å². The molecule has 3 aromatic carbocycles. The highest BCUT2D eigenvalue weighted by atomic mass is 16.3. The fraction of sp³-hybridized carbons (Fsp3) is 0. The highest BCUT2D eigenvalue weighted by Crippen LogP contribution is 2.23. The number of aromatic hydroxyl groups is 1. The Hall–Kier alpha value is -3.13. The number of hydrogen-bond donors (Lipinski definition) is 1. The number of para-hydroxylation sites is 1. The fourth-order valence-electron chi connectivity index (χ4n) is 2.73. The summed E-state index contributed by atoms with van der Waals surface area (Å²) in [6, 6.07) is 24.0. The Balaban J connectivity index is 1.70. The van der Waals surface area contributed by atoms with Crippen LogP contribution in [0.4, 0.5) is 0 Å². The van der Waals surface area contributed by atoms with E-state index in [-0.39, 0.29) is 5.75 Å². The van der Waals surface area contributed by atoms with Gasteiger partial charge in [-0.05, 0) is 40.6 Å². The predicted octanol–water partition coefficient (Wildman–Crippen LogP) is 5.26. The molecule has 23 heavy (non-hydrogen) atoms. The molecule has 1 heterocycles. The number of hydrogen-bond acceptors (Lipinski definition) is 2. The lowest BCUT2D eigenvalue weighted by Crippen LogP contribution is -1.84. The minimum absolute atomic E-state index is 0.212. The van der Waals surface area contributed by atoms with Gasteiger partial charge in [0.05, 0.1) is 5.69 Å². The van der Waals surface area contributed by atoms with Crippen LogP contribution in [0.25, 0.3) is 33.8 Å². The van der Waals surface area contributed by atoms with Crippen LogP contribution in [0.5, 0.6) is 5.75 Å². The average molecular weight is 297 g/mol. The molecule has 0 spiro atoms. The normalized spacial score (nSPS) is 11.5. The zero-order valence-corrected chi connectivity index (χ0v) is 12.5. The smallest absolute Gasteiger partial charge is 0.141 e. The van der Waals surface area contributed by atoms with Crippen LogP contribution in [0, 0.1) is 0 Å². The second-order valence-corrected chi connectivity index (χ2v) is 5.52. The molecule has 4 rings (SSSR count). The minimum atomic E-state index is 0.212. The first-order valence-corrected chi connectivity index (χ1v) is 7.55. The molecule has 2 nitrogen and oxygen atoms in total. The summed E-state index contributed by atoms with van der Waals surface area (Å²) in [4.78, 5) is 4.52. The Labute approximate surface area is 134 Å². The van der Waals surface area contributed by atoms with Gasteiger partial charge in [-0.25, -0.2) is 4.98 Å². The molecule has 0 saturated heterocycles. The molecular weight excluding hydrogens is 282 g/mol. The van der Waals surface area contributed by atoms with E-state index in [4.69, 9.17) is 0 Å². The topological polar surface area (TPSA) is 33.1 Å². The molecule has 4 aromatic rings. The van der Waals surface area contributed by atoms with Crippen LogP contribution >= 0.6 is 0 Å². The average Bonchev–Trinajstić information content (AvgIpc) is 2.60. The van der Waals surface area contributed by atoms with E-state index in [1.807, 2.05) is 48.6 Å². The number of pyridine rings is 1. The zero-order valence-electron chi connectivity index (χ0n) is 12.5. The standard InChI is InChI=1S/C21H15NO/c23-20-7-3-6-17-11-13-19(22-21(17)20)12-9-15-8-10-16-4-1-2-5-18(16)14-15/h1-14,23H/b12-9+. The molecule has 0 unspecified atom stereocenters. The molecule has 110 valence electrons. The van der Waals surface area contributed by atoms with E-state index >= 15 is 0 Å². The third-order valence-electron chi connectivity index (χ3n) is 3.94. The molecule has 0 bridgehead atoms. The predicted molar refractivity (Wildman–Crippen MR) is 96.3 cm³/mol. The molecule has 1 aromatic heterocycles. The van der Waals surface area contributed by atoms with Crippen molar-refractivity contribution >= 4 is 33.8 Å². The highest BCUT2D eigenvalue weighted by molar-refractivity contribution is 5.87. The summed E-state index contributed by atoms with van der Waals surface area (Å²) in [5, 5.41) is 13.3. The second-order valence-electron chi connectivity index (χ2n) is 5.52. The van der Waals surface area contributed by atoms with Crippen molar-refractivity contribution < 1.29 is 5.11 Å². The summed E-state index contributed by atoms with van der Waals surface area (Å²) in [6.45, 7) is 0. The first-order valence-electron chi connectivity index (χ1n) is 7.55. The van der Waals surface area contributed by atoms with Crippen LogP contribution in [0.3, 0.4) is 0 Å². The summed E-state index contributed by atoms with van der Waals surface area (Å²) < 4.78 is 0. The van der Waals surface area contributed by atoms with E-state index in [2.05, 4.69) is 35.3 Å². The quantitative estimate of drug-likeness (QED) is 0.547. The monoisotopic (exact) mass is 297 g/mol. The van der Waals surface area contributed by atoms with E-state index in [0.29, 0.717) is 5.52 Å². The van der Waals surface area contributed by atoms with Gasteiger partial charge in [0, 0.05) is 5.39 Å². The molecule has 0 fully saturated rings. The van der Waals surface area contributed by atoms with Gasteiger partial charge < -0.3 is 5.11 Å². The maximum absolute atomic E-state index is 9.91. The summed E-state index contributed by atoms with van der Waals surface area (Å²) in [5.41, 5.74) is 2.59. The minimum Gasteiger partial charge on any atom is -0.506 e. The number of rotatable bonds is 2. The Morgan fingerprint density at radius 3 is 2.39 bits per heavy atom. The van der Waals surface area contributed by atoms with Crippen LogP contribution in [0.2, 0.25) is 0 Å². The lowest BCUT2D eigenvalue weighted by atomic mass is 10.1. The number of phenolic OH excluding ortho intramolecular Hbond substituents is 1. The lowest BCUT2D eigenvalue weighted by Gasteiger charge is -2.02. The molecule has 0 saturated carbocycles. The first-order chi connectivity index (χ1) is 11.3. The molecular formula is C21H15NO. The number of fused-ring (bicyclic) bond motifs is 2. The largest absolute Gasteiger partial charge is 0.506 e. The number of phenols is 1. The third-order valence-corrected chi connectivity index (χ3v) is 3.94. The zero-order chi connectivity index (χ0) is 15.6. The molecule has 2 heteroatoms. The molecule has 0 atom stereocenters. The lowest BCUT2D eigenvalue weighted by molar-refractivity contribution is 0.480. The Kier molecular flexibility index (Phi) is 3.28. The van der Waals surface area contributed by atoms with E-state index < -0.39 is 0 Å². The Bertz CT molecular complexity index is 1030. The molecule has 0 aliphatic heterocycles. The molecule has 0 radical (unpaired) electrons. The summed E-state index contributed by atoms with van der Waals surface area (Å²) in [6.07, 6.45) is 4.01. The van der Waals surface area contributed by atoms with Crippen LogP contribution in [-0.2, 0) is 0 Å². The van der Waals surface area contributed by atoms with Crippen molar-refractivity contribution in [1.82, 2.24) is 4.98 Å². The van der Waals surface area contributed by atoms with E-state index in [1.54, 1.807) is 6.07 Å². The van der Waals surface area contributed by atoms with Gasteiger partial charge in [0.25, 0.3) is 0 Å². The highest BCUT2D eigenvalue weighted by Gasteiger charge is 2.01. The fourth-order valence-corrected chi connectivity index (χ4v) is 2.73. The van der Waals surface area contributed by atoms with Crippen molar-refractivity contribution in [3.05, 3.63) is 84.1 Å². The van der Waals surface area contributed by atoms with Gasteiger partial charge >= 0.3 is 0 Å². The SMILES string of the molecule is Oc1cccc2ccc(/C=C/c3ccc4ccccc4c3)nc12. The van der Waals surface area contributed by atoms with Gasteiger partial charge in [0.15, 0.2) is 0 Å².